The number of aliphatic hydroxyl groups is 1. The highest BCUT2D eigenvalue weighted by molar-refractivity contribution is 7.99. The molecule has 0 radical (unpaired) electrons. The minimum Gasteiger partial charge on any atom is -0.392 e. The van der Waals surface area contributed by atoms with Crippen molar-refractivity contribution in [2.75, 3.05) is 11.9 Å². The van der Waals surface area contributed by atoms with Crippen molar-refractivity contribution in [1.29, 1.82) is 0 Å². The molecule has 0 aromatic carbocycles. The van der Waals surface area contributed by atoms with Gasteiger partial charge in [-0.3, -0.25) is 0 Å². The zero-order valence-electron chi connectivity index (χ0n) is 9.23. The van der Waals surface area contributed by atoms with E-state index >= 15 is 0 Å². The van der Waals surface area contributed by atoms with Crippen molar-refractivity contribution in [3.63, 3.8) is 0 Å². The first-order valence-corrected chi connectivity index (χ1v) is 6.86. The van der Waals surface area contributed by atoms with Crippen LogP contribution in [0, 0.1) is 0 Å². The summed E-state index contributed by atoms with van der Waals surface area (Å²) in [6.07, 6.45) is -0.281. The summed E-state index contributed by atoms with van der Waals surface area (Å²) < 4.78 is 0. The first-order chi connectivity index (χ1) is 7.13. The van der Waals surface area contributed by atoms with E-state index in [0.717, 1.165) is 22.4 Å². The Hall–Kier alpha value is -0.330. The third kappa shape index (κ3) is 4.36. The van der Waals surface area contributed by atoms with Crippen LogP contribution >= 0.6 is 23.1 Å². The fourth-order valence-corrected chi connectivity index (χ4v) is 2.66. The van der Waals surface area contributed by atoms with E-state index in [1.165, 1.54) is 0 Å². The van der Waals surface area contributed by atoms with Crippen molar-refractivity contribution >= 4 is 28.2 Å². The molecule has 2 unspecified atom stereocenters. The Balaban J connectivity index is 2.37. The first-order valence-electron chi connectivity index (χ1n) is 4.99. The summed E-state index contributed by atoms with van der Waals surface area (Å²) in [6.45, 7) is 6.72. The molecule has 0 aliphatic carbocycles. The number of nitrogens with zero attached hydrogens (tertiary/aromatic N) is 2. The molecule has 4 nitrogen and oxygen atoms in total. The van der Waals surface area contributed by atoms with Crippen LogP contribution in [0.15, 0.2) is 0 Å². The average Bonchev–Trinajstić information content (AvgIpc) is 2.62. The Bertz CT molecular complexity index is 291. The second-order valence-electron chi connectivity index (χ2n) is 3.29. The first kappa shape index (κ1) is 12.7. The Labute approximate surface area is 98.5 Å². The van der Waals surface area contributed by atoms with E-state index in [0.29, 0.717) is 0 Å². The minimum absolute atomic E-state index is 0.233. The van der Waals surface area contributed by atoms with Crippen molar-refractivity contribution in [1.82, 2.24) is 10.2 Å². The van der Waals surface area contributed by atoms with Crippen LogP contribution in [0.3, 0.4) is 0 Å². The van der Waals surface area contributed by atoms with E-state index in [2.05, 4.69) is 15.5 Å². The summed E-state index contributed by atoms with van der Waals surface area (Å²) in [7, 11) is 0. The Morgan fingerprint density at radius 1 is 1.47 bits per heavy atom. The maximum absolute atomic E-state index is 9.32. The van der Waals surface area contributed by atoms with Crippen LogP contribution in [0.4, 0.5) is 5.13 Å². The van der Waals surface area contributed by atoms with Gasteiger partial charge in [-0.1, -0.05) is 18.3 Å². The van der Waals surface area contributed by atoms with Gasteiger partial charge in [0.1, 0.15) is 5.01 Å². The molecule has 0 aliphatic rings. The van der Waals surface area contributed by atoms with Crippen LogP contribution in [-0.4, -0.2) is 33.2 Å². The Kier molecular flexibility index (Phi) is 5.35. The third-order valence-corrected chi connectivity index (χ3v) is 4.37. The molecule has 0 spiro atoms. The maximum Gasteiger partial charge on any atom is 0.205 e. The van der Waals surface area contributed by atoms with Gasteiger partial charge in [-0.25, -0.2) is 0 Å². The number of aliphatic hydroxyl groups excluding tert-OH is 1. The molecule has 0 fully saturated rings. The molecular weight excluding hydrogens is 230 g/mol. The number of hydrogen-bond donors (Lipinski definition) is 2. The number of anilines is 1. The second-order valence-corrected chi connectivity index (χ2v) is 5.72. The lowest BCUT2D eigenvalue weighted by molar-refractivity contribution is 0.196. The molecule has 0 amide bonds. The van der Waals surface area contributed by atoms with Crippen molar-refractivity contribution in [3.05, 3.63) is 5.01 Å². The van der Waals surface area contributed by atoms with Gasteiger partial charge in [0.05, 0.1) is 6.10 Å². The molecule has 86 valence electrons. The highest BCUT2D eigenvalue weighted by Gasteiger charge is 2.11. The SMILES string of the molecule is CCNc1nnc(CSC(C)C(C)O)s1. The average molecular weight is 247 g/mol. The molecule has 0 saturated heterocycles. The summed E-state index contributed by atoms with van der Waals surface area (Å²) in [4.78, 5) is 0. The van der Waals surface area contributed by atoms with E-state index in [1.807, 2.05) is 20.8 Å². The topological polar surface area (TPSA) is 58.0 Å². The molecular formula is C9H17N3OS2. The summed E-state index contributed by atoms with van der Waals surface area (Å²) in [5, 5.41) is 22.6. The van der Waals surface area contributed by atoms with E-state index < -0.39 is 0 Å². The highest BCUT2D eigenvalue weighted by Crippen LogP contribution is 2.23. The van der Waals surface area contributed by atoms with Gasteiger partial charge in [-0.15, -0.1) is 22.0 Å². The summed E-state index contributed by atoms with van der Waals surface area (Å²) >= 11 is 3.27. The number of thioether (sulfide) groups is 1. The summed E-state index contributed by atoms with van der Waals surface area (Å²) in [6, 6.07) is 0. The normalized spacial score (nSPS) is 14.9. The quantitative estimate of drug-likeness (QED) is 0.805. The van der Waals surface area contributed by atoms with Gasteiger partial charge in [0, 0.05) is 17.5 Å². The number of hydrogen-bond acceptors (Lipinski definition) is 6. The molecule has 1 heterocycles. The fourth-order valence-electron chi connectivity index (χ4n) is 0.877. The summed E-state index contributed by atoms with van der Waals surface area (Å²) in [5.74, 6) is 0.815. The van der Waals surface area contributed by atoms with E-state index in [-0.39, 0.29) is 11.4 Å². The summed E-state index contributed by atoms with van der Waals surface area (Å²) in [5.41, 5.74) is 0. The van der Waals surface area contributed by atoms with Crippen LogP contribution in [0.2, 0.25) is 0 Å². The second kappa shape index (κ2) is 6.30. The molecule has 2 atom stereocenters. The lowest BCUT2D eigenvalue weighted by Crippen LogP contribution is -2.15. The van der Waals surface area contributed by atoms with Gasteiger partial charge in [-0.05, 0) is 13.8 Å². The minimum atomic E-state index is -0.281. The predicted octanol–water partition coefficient (Wildman–Crippen LogP) is 1.97. The van der Waals surface area contributed by atoms with Gasteiger partial charge in [0.25, 0.3) is 0 Å². The van der Waals surface area contributed by atoms with Gasteiger partial charge in [0.2, 0.25) is 5.13 Å². The molecule has 1 aromatic rings. The van der Waals surface area contributed by atoms with Gasteiger partial charge in [0.15, 0.2) is 0 Å². The van der Waals surface area contributed by atoms with Crippen molar-refractivity contribution in [3.8, 4) is 0 Å². The lowest BCUT2D eigenvalue weighted by Gasteiger charge is -2.12. The van der Waals surface area contributed by atoms with E-state index in [4.69, 9.17) is 0 Å². The van der Waals surface area contributed by atoms with Crippen molar-refractivity contribution in [2.45, 2.75) is 37.9 Å². The van der Waals surface area contributed by atoms with Crippen LogP contribution in [0.25, 0.3) is 0 Å². The zero-order valence-corrected chi connectivity index (χ0v) is 10.9. The number of aromatic nitrogens is 2. The standard InChI is InChI=1S/C9H17N3OS2/c1-4-10-9-12-11-8(15-9)5-14-7(3)6(2)13/h6-7,13H,4-5H2,1-3H3,(H,10,12). The van der Waals surface area contributed by atoms with Crippen LogP contribution in [0.1, 0.15) is 25.8 Å². The highest BCUT2D eigenvalue weighted by atomic mass is 32.2. The van der Waals surface area contributed by atoms with E-state index in [1.54, 1.807) is 23.1 Å². The molecule has 0 aliphatic heterocycles. The molecule has 2 N–H and O–H groups in total. The molecule has 6 heteroatoms. The third-order valence-electron chi connectivity index (χ3n) is 1.94. The van der Waals surface area contributed by atoms with Gasteiger partial charge < -0.3 is 10.4 Å². The van der Waals surface area contributed by atoms with Crippen molar-refractivity contribution < 1.29 is 5.11 Å². The number of nitrogens with one attached hydrogen (secondary N) is 1. The zero-order chi connectivity index (χ0) is 11.3. The molecule has 1 rings (SSSR count). The lowest BCUT2D eigenvalue weighted by atomic mass is 10.3. The molecule has 0 bridgehead atoms. The Morgan fingerprint density at radius 2 is 2.20 bits per heavy atom. The van der Waals surface area contributed by atoms with E-state index in [9.17, 15) is 5.11 Å². The Morgan fingerprint density at radius 3 is 2.80 bits per heavy atom. The van der Waals surface area contributed by atoms with Gasteiger partial charge >= 0.3 is 0 Å². The largest absolute Gasteiger partial charge is 0.392 e. The predicted molar refractivity (Wildman–Crippen MR) is 66.5 cm³/mol. The smallest absolute Gasteiger partial charge is 0.205 e. The number of rotatable bonds is 6. The monoisotopic (exact) mass is 247 g/mol. The maximum atomic E-state index is 9.32. The van der Waals surface area contributed by atoms with Crippen LogP contribution < -0.4 is 5.32 Å². The van der Waals surface area contributed by atoms with Crippen LogP contribution in [-0.2, 0) is 5.75 Å². The van der Waals surface area contributed by atoms with Crippen molar-refractivity contribution in [2.24, 2.45) is 0 Å². The molecule has 0 saturated carbocycles. The fraction of sp³-hybridized carbons (Fsp3) is 0.778. The molecule has 1 aromatic heterocycles. The van der Waals surface area contributed by atoms with Gasteiger partial charge in [-0.2, -0.15) is 0 Å². The molecule has 15 heavy (non-hydrogen) atoms. The van der Waals surface area contributed by atoms with Crippen LogP contribution in [0.5, 0.6) is 0 Å².